The van der Waals surface area contributed by atoms with Gasteiger partial charge in [-0.2, -0.15) is 0 Å². The highest BCUT2D eigenvalue weighted by Crippen LogP contribution is 2.23. The topological polar surface area (TPSA) is 30.7 Å². The predicted molar refractivity (Wildman–Crippen MR) is 50.8 cm³/mol. The van der Waals surface area contributed by atoms with Crippen LogP contribution in [0.4, 0.5) is 5.69 Å². The van der Waals surface area contributed by atoms with Crippen LogP contribution in [0.1, 0.15) is 10.4 Å². The highest BCUT2D eigenvalue weighted by atomic mass is 35.5. The summed E-state index contributed by atoms with van der Waals surface area (Å²) in [7, 11) is 1.29. The Bertz CT molecular complexity index is 382. The lowest BCUT2D eigenvalue weighted by atomic mass is 10.2. The van der Waals surface area contributed by atoms with Crippen molar-refractivity contribution in [2.75, 3.05) is 7.11 Å². The Labute approximate surface area is 80.7 Å². The fourth-order valence-electron chi connectivity index (χ4n) is 0.860. The molecule has 0 spiro atoms. The number of benzene rings is 1. The molecule has 0 atom stereocenters. The van der Waals surface area contributed by atoms with Crippen LogP contribution in [-0.4, -0.2) is 13.1 Å². The Morgan fingerprint density at radius 3 is 2.77 bits per heavy atom. The van der Waals surface area contributed by atoms with Crippen LogP contribution < -0.4 is 0 Å². The number of hydrogen-bond acceptors (Lipinski definition) is 2. The molecule has 0 aromatic heterocycles. The molecule has 0 bridgehead atoms. The van der Waals surface area contributed by atoms with Gasteiger partial charge in [0, 0.05) is 12.1 Å². The van der Waals surface area contributed by atoms with E-state index < -0.39 is 5.97 Å². The maximum Gasteiger partial charge on any atom is 0.341 e. The molecule has 0 unspecified atom stereocenters. The van der Waals surface area contributed by atoms with Crippen LogP contribution in [-0.2, 0) is 4.74 Å². The second kappa shape index (κ2) is 3.92. The van der Waals surface area contributed by atoms with Gasteiger partial charge in [0.1, 0.15) is 0 Å². The summed E-state index contributed by atoms with van der Waals surface area (Å²) in [6.07, 6.45) is 0. The van der Waals surface area contributed by atoms with Crippen molar-refractivity contribution in [3.63, 3.8) is 0 Å². The minimum Gasteiger partial charge on any atom is -0.465 e. The second-order valence-corrected chi connectivity index (χ2v) is 2.69. The van der Waals surface area contributed by atoms with Gasteiger partial charge < -0.3 is 4.74 Å². The first kappa shape index (κ1) is 9.56. The predicted octanol–water partition coefficient (Wildman–Crippen LogP) is 2.72. The van der Waals surface area contributed by atoms with Crippen molar-refractivity contribution >= 4 is 23.3 Å². The fraction of sp³-hybridized carbons (Fsp3) is 0.111. The molecule has 0 heterocycles. The van der Waals surface area contributed by atoms with Gasteiger partial charge in [0.25, 0.3) is 6.57 Å². The molecule has 0 aliphatic heterocycles. The van der Waals surface area contributed by atoms with E-state index >= 15 is 0 Å². The quantitative estimate of drug-likeness (QED) is 0.647. The van der Waals surface area contributed by atoms with E-state index in [9.17, 15) is 4.79 Å². The van der Waals surface area contributed by atoms with E-state index in [4.69, 9.17) is 18.2 Å². The lowest BCUT2D eigenvalue weighted by Gasteiger charge is -1.98. The van der Waals surface area contributed by atoms with Crippen molar-refractivity contribution in [2.45, 2.75) is 0 Å². The van der Waals surface area contributed by atoms with Gasteiger partial charge in [-0.15, -0.1) is 0 Å². The molecule has 1 aromatic carbocycles. The Kier molecular flexibility index (Phi) is 2.88. The third kappa shape index (κ3) is 1.98. The molecule has 4 heteroatoms. The van der Waals surface area contributed by atoms with E-state index in [1.54, 1.807) is 6.07 Å². The molecule has 0 radical (unpaired) electrons. The second-order valence-electron chi connectivity index (χ2n) is 2.28. The van der Waals surface area contributed by atoms with Gasteiger partial charge in [0.05, 0.1) is 17.7 Å². The summed E-state index contributed by atoms with van der Waals surface area (Å²) in [5.74, 6) is -0.478. The van der Waals surface area contributed by atoms with Crippen molar-refractivity contribution in [1.29, 1.82) is 0 Å². The maximum absolute atomic E-state index is 11.1. The van der Waals surface area contributed by atoms with Crippen molar-refractivity contribution in [1.82, 2.24) is 0 Å². The molecule has 0 saturated heterocycles. The molecule has 13 heavy (non-hydrogen) atoms. The number of nitrogens with zero attached hydrogens (tertiary/aromatic N) is 1. The molecular weight excluding hydrogens is 190 g/mol. The van der Waals surface area contributed by atoms with Crippen molar-refractivity contribution in [3.8, 4) is 6.57 Å². The molecule has 0 fully saturated rings. The van der Waals surface area contributed by atoms with Crippen LogP contribution in [0.5, 0.6) is 0 Å². The minimum atomic E-state index is -0.478. The minimum absolute atomic E-state index is 0.276. The van der Waals surface area contributed by atoms with Gasteiger partial charge in [0.15, 0.2) is 0 Å². The van der Waals surface area contributed by atoms with Gasteiger partial charge >= 0.3 is 11.7 Å². The molecule has 66 valence electrons. The Balaban J connectivity index is 3.14. The Morgan fingerprint density at radius 2 is 2.31 bits per heavy atom. The number of hydrogen-bond donors (Lipinski definition) is 0. The van der Waals surface area contributed by atoms with Crippen molar-refractivity contribution < 1.29 is 9.53 Å². The summed E-state index contributed by atoms with van der Waals surface area (Å²) in [4.78, 5) is 14.5. The summed E-state index contributed by atoms with van der Waals surface area (Å²) < 4.78 is 4.51. The number of carbonyl (C=O) groups excluding carboxylic acids is 1. The van der Waals surface area contributed by atoms with Crippen LogP contribution in [0.3, 0.4) is 0 Å². The van der Waals surface area contributed by atoms with E-state index in [1.165, 1.54) is 19.2 Å². The zero-order valence-electron chi connectivity index (χ0n) is 6.95. The number of methoxy groups -OCH3 is 1. The fourth-order valence-corrected chi connectivity index (χ4v) is 1.11. The maximum atomic E-state index is 11.1. The van der Waals surface area contributed by atoms with Crippen LogP contribution >= 0.6 is 11.6 Å². The Morgan fingerprint density at radius 1 is 1.62 bits per heavy atom. The van der Waals surface area contributed by atoms with Crippen LogP contribution in [0, 0.1) is 6.57 Å². The first-order chi connectivity index (χ1) is 6.19. The average Bonchev–Trinajstić information content (AvgIpc) is 2.16. The molecule has 1 rings (SSSR count). The van der Waals surface area contributed by atoms with E-state index in [2.05, 4.69) is 9.58 Å². The van der Waals surface area contributed by atoms with Crippen LogP contribution in [0.2, 0.25) is 5.02 Å². The average molecular weight is 197 g/mol. The highest BCUT2D eigenvalue weighted by molar-refractivity contribution is 6.33. The number of esters is 1. The smallest absolute Gasteiger partial charge is 0.341 e. The number of ether oxygens (including phenoxy) is 1. The molecule has 0 amide bonds. The molecule has 0 saturated carbocycles. The molecule has 0 N–H and O–H groups in total. The van der Waals surface area contributed by atoms with Gasteiger partial charge in [-0.05, 0) is 10.9 Å². The molecule has 1 aromatic rings. The number of halogens is 1. The SMILES string of the molecule is C#[N+]c1ccc(C(=O)OC)c(Cl)c1. The largest absolute Gasteiger partial charge is 0.465 e. The van der Waals surface area contributed by atoms with Crippen molar-refractivity contribution in [2.24, 2.45) is 0 Å². The standard InChI is InChI=1S/C9H7ClNO2/c1-11-6-3-4-7(8(10)5-6)9(12)13-2/h1,3-5H,2H3/q+1. The first-order valence-corrected chi connectivity index (χ1v) is 3.85. The molecule has 3 nitrogen and oxygen atoms in total. The third-order valence-corrected chi connectivity index (χ3v) is 1.82. The summed E-state index contributed by atoms with van der Waals surface area (Å²) in [5, 5.41) is 0.276. The monoisotopic (exact) mass is 196 g/mol. The van der Waals surface area contributed by atoms with Gasteiger partial charge in [-0.3, -0.25) is 0 Å². The highest BCUT2D eigenvalue weighted by Gasteiger charge is 2.13. The molecular formula is C9H7ClNO2+. The summed E-state index contributed by atoms with van der Waals surface area (Å²) in [5.41, 5.74) is 0.814. The van der Waals surface area contributed by atoms with Gasteiger partial charge in [0.2, 0.25) is 0 Å². The summed E-state index contributed by atoms with van der Waals surface area (Å²) >= 11 is 5.77. The first-order valence-electron chi connectivity index (χ1n) is 3.48. The van der Waals surface area contributed by atoms with E-state index in [0.717, 1.165) is 0 Å². The van der Waals surface area contributed by atoms with E-state index in [-0.39, 0.29) is 5.02 Å². The van der Waals surface area contributed by atoms with E-state index in [0.29, 0.717) is 11.3 Å². The number of rotatable bonds is 1. The zero-order chi connectivity index (χ0) is 9.84. The lowest BCUT2D eigenvalue weighted by Crippen LogP contribution is -2.01. The van der Waals surface area contributed by atoms with Crippen LogP contribution in [0.25, 0.3) is 4.85 Å². The Hall–Kier alpha value is -1.53. The summed E-state index contributed by atoms with van der Waals surface area (Å²) in [6, 6.07) is 4.59. The zero-order valence-corrected chi connectivity index (χ0v) is 7.71. The van der Waals surface area contributed by atoms with E-state index in [1.807, 2.05) is 0 Å². The molecule has 0 aliphatic rings. The third-order valence-electron chi connectivity index (χ3n) is 1.51. The summed E-state index contributed by atoms with van der Waals surface area (Å²) in [6.45, 7) is 5.03. The van der Waals surface area contributed by atoms with Crippen molar-refractivity contribution in [3.05, 3.63) is 33.6 Å². The van der Waals surface area contributed by atoms with Gasteiger partial charge in [-0.1, -0.05) is 11.6 Å². The molecule has 0 aliphatic carbocycles. The van der Waals surface area contributed by atoms with Crippen LogP contribution in [0.15, 0.2) is 18.2 Å². The lowest BCUT2D eigenvalue weighted by molar-refractivity contribution is 0.0601. The number of carbonyl (C=O) groups is 1. The van der Waals surface area contributed by atoms with Gasteiger partial charge in [-0.25, -0.2) is 4.79 Å². The normalized spacial score (nSPS) is 9.00.